The second-order valence-electron chi connectivity index (χ2n) is 3.27. The minimum atomic E-state index is -3.43. The Labute approximate surface area is 98.4 Å². The van der Waals surface area contributed by atoms with E-state index in [4.69, 9.17) is 5.11 Å². The van der Waals surface area contributed by atoms with Crippen LogP contribution in [0.2, 0.25) is 0 Å². The van der Waals surface area contributed by atoms with Crippen molar-refractivity contribution >= 4 is 15.8 Å². The van der Waals surface area contributed by atoms with Gasteiger partial charge in [0.05, 0.1) is 23.8 Å². The number of nitrogens with zero attached hydrogens (tertiary/aromatic N) is 2. The molecule has 0 saturated carbocycles. The van der Waals surface area contributed by atoms with Gasteiger partial charge < -0.3 is 9.84 Å². The number of hydrogen-bond donors (Lipinski definition) is 1. The van der Waals surface area contributed by atoms with Gasteiger partial charge in [0.2, 0.25) is 0 Å². The second-order valence-corrected chi connectivity index (χ2v) is 5.46. The first-order valence-electron chi connectivity index (χ1n) is 4.68. The fourth-order valence-electron chi connectivity index (χ4n) is 1.14. The summed E-state index contributed by atoms with van der Waals surface area (Å²) in [6.45, 7) is 0.0653. The van der Waals surface area contributed by atoms with Crippen LogP contribution in [-0.4, -0.2) is 48.9 Å². The number of ether oxygens (including phenoxy) is 1. The van der Waals surface area contributed by atoms with Crippen molar-refractivity contribution in [1.29, 1.82) is 0 Å². The Morgan fingerprint density at radius 2 is 2.24 bits per heavy atom. The van der Waals surface area contributed by atoms with Crippen molar-refractivity contribution in [2.45, 2.75) is 5.75 Å². The highest BCUT2D eigenvalue weighted by Crippen LogP contribution is 2.09. The monoisotopic (exact) mass is 260 g/mol. The molecule has 1 aromatic rings. The summed E-state index contributed by atoms with van der Waals surface area (Å²) in [6, 6.07) is 0. The first-order chi connectivity index (χ1) is 7.96. The van der Waals surface area contributed by atoms with E-state index in [1.54, 1.807) is 0 Å². The fourth-order valence-corrected chi connectivity index (χ4v) is 2.35. The molecule has 0 unspecified atom stereocenters. The van der Waals surface area contributed by atoms with E-state index < -0.39 is 21.6 Å². The highest BCUT2D eigenvalue weighted by molar-refractivity contribution is 7.90. The minimum Gasteiger partial charge on any atom is -0.478 e. The van der Waals surface area contributed by atoms with Gasteiger partial charge in [-0.3, -0.25) is 0 Å². The number of methoxy groups -OCH3 is 1. The Kier molecular flexibility index (Phi) is 4.53. The highest BCUT2D eigenvalue weighted by Gasteiger charge is 2.18. The van der Waals surface area contributed by atoms with Gasteiger partial charge in [-0.15, -0.1) is 0 Å². The summed E-state index contributed by atoms with van der Waals surface area (Å²) in [5.74, 6) is -1.85. The van der Waals surface area contributed by atoms with Gasteiger partial charge >= 0.3 is 5.97 Å². The van der Waals surface area contributed by atoms with Crippen LogP contribution >= 0.6 is 0 Å². The lowest BCUT2D eigenvalue weighted by Gasteiger charge is -2.05. The second kappa shape index (κ2) is 5.69. The van der Waals surface area contributed by atoms with Gasteiger partial charge in [-0.1, -0.05) is 0 Å². The number of aromatic carboxylic acids is 1. The van der Waals surface area contributed by atoms with E-state index in [1.165, 1.54) is 7.11 Å². The molecule has 1 aromatic heterocycles. The number of carboxylic acids is 1. The average molecular weight is 260 g/mol. The molecule has 0 fully saturated rings. The molecular weight excluding hydrogens is 248 g/mol. The van der Waals surface area contributed by atoms with Crippen molar-refractivity contribution in [3.63, 3.8) is 0 Å². The summed E-state index contributed by atoms with van der Waals surface area (Å²) in [4.78, 5) is 18.1. The van der Waals surface area contributed by atoms with Crippen molar-refractivity contribution in [2.75, 3.05) is 19.5 Å². The van der Waals surface area contributed by atoms with Gasteiger partial charge in [0.15, 0.2) is 9.84 Å². The van der Waals surface area contributed by atoms with Crippen LogP contribution in [0.3, 0.4) is 0 Å². The van der Waals surface area contributed by atoms with Crippen molar-refractivity contribution in [2.24, 2.45) is 0 Å². The Balaban J connectivity index is 2.92. The summed E-state index contributed by atoms with van der Waals surface area (Å²) >= 11 is 0. The van der Waals surface area contributed by atoms with E-state index in [1.807, 2.05) is 0 Å². The van der Waals surface area contributed by atoms with Crippen molar-refractivity contribution in [1.82, 2.24) is 9.97 Å². The van der Waals surface area contributed by atoms with Crippen LogP contribution in [0, 0.1) is 0 Å². The van der Waals surface area contributed by atoms with E-state index in [0.717, 1.165) is 12.5 Å². The van der Waals surface area contributed by atoms with Gasteiger partial charge in [-0.25, -0.2) is 23.2 Å². The molecule has 1 N–H and O–H groups in total. The Morgan fingerprint density at radius 1 is 1.53 bits per heavy atom. The van der Waals surface area contributed by atoms with E-state index in [2.05, 4.69) is 14.7 Å². The van der Waals surface area contributed by atoms with Gasteiger partial charge in [0.1, 0.15) is 11.9 Å². The molecule has 0 spiro atoms. The molecule has 0 aliphatic rings. The van der Waals surface area contributed by atoms with Crippen LogP contribution < -0.4 is 0 Å². The van der Waals surface area contributed by atoms with Crippen LogP contribution in [0.1, 0.15) is 16.1 Å². The molecule has 0 radical (unpaired) electrons. The van der Waals surface area contributed by atoms with Crippen LogP contribution in [-0.2, 0) is 20.3 Å². The first kappa shape index (κ1) is 13.5. The zero-order chi connectivity index (χ0) is 12.9. The predicted molar refractivity (Wildman–Crippen MR) is 58.4 cm³/mol. The molecule has 0 amide bonds. The maximum Gasteiger partial charge on any atom is 0.339 e. The smallest absolute Gasteiger partial charge is 0.339 e. The molecule has 0 atom stereocenters. The standard InChI is InChI=1S/C9H12N2O5S/c1-16-2-3-17(14,15)5-8-7(9(12)13)4-10-6-11-8/h4,6H,2-3,5H2,1H3,(H,12,13). The van der Waals surface area contributed by atoms with Crippen LogP contribution in [0.5, 0.6) is 0 Å². The fraction of sp³-hybridized carbons (Fsp3) is 0.444. The Morgan fingerprint density at radius 3 is 2.82 bits per heavy atom. The summed E-state index contributed by atoms with van der Waals surface area (Å²) < 4.78 is 27.9. The molecule has 0 aliphatic heterocycles. The van der Waals surface area contributed by atoms with E-state index in [-0.39, 0.29) is 23.6 Å². The number of rotatable bonds is 6. The number of aromatic nitrogens is 2. The Bertz CT molecular complexity index is 500. The zero-order valence-corrected chi connectivity index (χ0v) is 9.98. The highest BCUT2D eigenvalue weighted by atomic mass is 32.2. The number of sulfone groups is 1. The van der Waals surface area contributed by atoms with Crippen molar-refractivity contribution in [3.8, 4) is 0 Å². The maximum absolute atomic E-state index is 11.6. The van der Waals surface area contributed by atoms with E-state index in [9.17, 15) is 13.2 Å². The number of carboxylic acid groups (broad SMARTS) is 1. The third-order valence-electron chi connectivity index (χ3n) is 1.98. The van der Waals surface area contributed by atoms with E-state index >= 15 is 0 Å². The quantitative estimate of drug-likeness (QED) is 0.750. The lowest BCUT2D eigenvalue weighted by atomic mass is 10.2. The zero-order valence-electron chi connectivity index (χ0n) is 9.16. The molecule has 7 nitrogen and oxygen atoms in total. The molecule has 94 valence electrons. The number of hydrogen-bond acceptors (Lipinski definition) is 6. The van der Waals surface area contributed by atoms with Crippen molar-refractivity contribution < 1.29 is 23.1 Å². The van der Waals surface area contributed by atoms with Gasteiger partial charge in [0.25, 0.3) is 0 Å². The first-order valence-corrected chi connectivity index (χ1v) is 6.50. The van der Waals surface area contributed by atoms with Gasteiger partial charge in [-0.2, -0.15) is 0 Å². The molecule has 1 heterocycles. The molecular formula is C9H12N2O5S. The normalized spacial score (nSPS) is 11.4. The third kappa shape index (κ3) is 4.08. The van der Waals surface area contributed by atoms with Crippen LogP contribution in [0.25, 0.3) is 0 Å². The van der Waals surface area contributed by atoms with Gasteiger partial charge in [-0.05, 0) is 0 Å². The predicted octanol–water partition coefficient (Wildman–Crippen LogP) is -0.264. The van der Waals surface area contributed by atoms with Gasteiger partial charge in [0, 0.05) is 13.3 Å². The average Bonchev–Trinajstić information content (AvgIpc) is 2.26. The molecule has 0 aromatic carbocycles. The molecule has 0 aliphatic carbocycles. The molecule has 1 rings (SSSR count). The summed E-state index contributed by atoms with van der Waals surface area (Å²) in [5.41, 5.74) is -0.211. The van der Waals surface area contributed by atoms with Crippen LogP contribution in [0.4, 0.5) is 0 Å². The maximum atomic E-state index is 11.6. The largest absolute Gasteiger partial charge is 0.478 e. The topological polar surface area (TPSA) is 106 Å². The minimum absolute atomic E-state index is 0.0106. The molecule has 17 heavy (non-hydrogen) atoms. The third-order valence-corrected chi connectivity index (χ3v) is 3.48. The summed E-state index contributed by atoms with van der Waals surface area (Å²) in [6.07, 6.45) is 2.20. The molecule has 0 saturated heterocycles. The SMILES string of the molecule is COCCS(=O)(=O)Cc1ncncc1C(=O)O. The number of carbonyl (C=O) groups is 1. The Hall–Kier alpha value is -1.54. The van der Waals surface area contributed by atoms with Crippen LogP contribution in [0.15, 0.2) is 12.5 Å². The summed E-state index contributed by atoms with van der Waals surface area (Å²) in [5, 5.41) is 8.84. The van der Waals surface area contributed by atoms with Crippen molar-refractivity contribution in [3.05, 3.63) is 23.8 Å². The molecule has 0 bridgehead atoms. The molecule has 8 heteroatoms. The lowest BCUT2D eigenvalue weighted by molar-refractivity contribution is 0.0695. The van der Waals surface area contributed by atoms with E-state index in [0.29, 0.717) is 0 Å². The summed E-state index contributed by atoms with van der Waals surface area (Å²) in [7, 11) is -2.04. The lowest BCUT2D eigenvalue weighted by Crippen LogP contribution is -2.16.